The molecule has 1 aliphatic rings. The molecule has 1 atom stereocenters. The average Bonchev–Trinajstić information content (AvgIpc) is 2.46. The van der Waals surface area contributed by atoms with E-state index in [1.165, 1.54) is 11.1 Å². The van der Waals surface area contributed by atoms with Gasteiger partial charge in [0, 0.05) is 18.0 Å². The number of hydrogen-bond acceptors (Lipinski definition) is 2. The zero-order chi connectivity index (χ0) is 8.55. The molecule has 64 valence electrons. The van der Waals surface area contributed by atoms with Gasteiger partial charge in [0.1, 0.15) is 5.75 Å². The fourth-order valence-corrected chi connectivity index (χ4v) is 1.59. The third-order valence-corrected chi connectivity index (χ3v) is 2.33. The standard InChI is InChI=1S/C10H13NO/c1-7-2-3-10-9(4-7)8(5-11)6-12-10/h2-4,8H,5-6,11H2,1H3. The van der Waals surface area contributed by atoms with Crippen molar-refractivity contribution in [1.82, 2.24) is 0 Å². The van der Waals surface area contributed by atoms with E-state index in [4.69, 9.17) is 10.5 Å². The highest BCUT2D eigenvalue weighted by molar-refractivity contribution is 5.42. The molecule has 0 aromatic heterocycles. The highest BCUT2D eigenvalue weighted by Gasteiger charge is 2.22. The summed E-state index contributed by atoms with van der Waals surface area (Å²) >= 11 is 0. The van der Waals surface area contributed by atoms with Crippen molar-refractivity contribution in [3.05, 3.63) is 29.3 Å². The summed E-state index contributed by atoms with van der Waals surface area (Å²) in [5, 5.41) is 0. The van der Waals surface area contributed by atoms with E-state index in [-0.39, 0.29) is 0 Å². The van der Waals surface area contributed by atoms with Crippen LogP contribution in [0.15, 0.2) is 18.2 Å². The Labute approximate surface area is 72.3 Å². The molecular formula is C10H13NO. The quantitative estimate of drug-likeness (QED) is 0.679. The molecule has 0 fully saturated rings. The van der Waals surface area contributed by atoms with Crippen LogP contribution in [0, 0.1) is 6.92 Å². The summed E-state index contributed by atoms with van der Waals surface area (Å²) in [5.74, 6) is 1.41. The van der Waals surface area contributed by atoms with E-state index in [1.54, 1.807) is 0 Å². The lowest BCUT2D eigenvalue weighted by molar-refractivity contribution is 0.333. The number of rotatable bonds is 1. The van der Waals surface area contributed by atoms with Gasteiger partial charge >= 0.3 is 0 Å². The Hall–Kier alpha value is -1.02. The van der Waals surface area contributed by atoms with Gasteiger partial charge in [0.15, 0.2) is 0 Å². The molecule has 2 nitrogen and oxygen atoms in total. The normalized spacial score (nSPS) is 20.3. The maximum absolute atomic E-state index is 5.62. The van der Waals surface area contributed by atoms with Crippen molar-refractivity contribution < 1.29 is 4.74 Å². The summed E-state index contributed by atoms with van der Waals surface area (Å²) in [6.45, 7) is 3.51. The Balaban J connectivity index is 2.42. The molecule has 1 aliphatic heterocycles. The molecule has 0 amide bonds. The van der Waals surface area contributed by atoms with Crippen LogP contribution in [-0.4, -0.2) is 13.2 Å². The maximum Gasteiger partial charge on any atom is 0.122 e. The molecule has 1 unspecified atom stereocenters. The minimum Gasteiger partial charge on any atom is -0.493 e. The predicted molar refractivity (Wildman–Crippen MR) is 48.5 cm³/mol. The maximum atomic E-state index is 5.62. The summed E-state index contributed by atoms with van der Waals surface area (Å²) < 4.78 is 5.48. The van der Waals surface area contributed by atoms with E-state index < -0.39 is 0 Å². The first-order valence-corrected chi connectivity index (χ1v) is 4.24. The van der Waals surface area contributed by atoms with Crippen LogP contribution in [0.4, 0.5) is 0 Å². The van der Waals surface area contributed by atoms with Crippen molar-refractivity contribution in [2.24, 2.45) is 5.73 Å². The van der Waals surface area contributed by atoms with Crippen LogP contribution in [0.2, 0.25) is 0 Å². The monoisotopic (exact) mass is 163 g/mol. The van der Waals surface area contributed by atoms with Crippen molar-refractivity contribution in [1.29, 1.82) is 0 Å². The number of nitrogens with two attached hydrogens (primary N) is 1. The molecule has 2 N–H and O–H groups in total. The second-order valence-corrected chi connectivity index (χ2v) is 3.28. The van der Waals surface area contributed by atoms with Crippen molar-refractivity contribution in [3.8, 4) is 5.75 Å². The van der Waals surface area contributed by atoms with Gasteiger partial charge in [-0.1, -0.05) is 17.7 Å². The van der Waals surface area contributed by atoms with Crippen molar-refractivity contribution in [2.75, 3.05) is 13.2 Å². The minimum atomic E-state index is 0.403. The first-order valence-electron chi connectivity index (χ1n) is 4.24. The first kappa shape index (κ1) is 7.62. The van der Waals surface area contributed by atoms with Crippen molar-refractivity contribution in [2.45, 2.75) is 12.8 Å². The van der Waals surface area contributed by atoms with E-state index >= 15 is 0 Å². The number of aryl methyl sites for hydroxylation is 1. The van der Waals surface area contributed by atoms with E-state index in [1.807, 2.05) is 6.07 Å². The number of hydrogen-bond donors (Lipinski definition) is 1. The van der Waals surface area contributed by atoms with Crippen molar-refractivity contribution >= 4 is 0 Å². The molecule has 0 bridgehead atoms. The highest BCUT2D eigenvalue weighted by atomic mass is 16.5. The van der Waals surface area contributed by atoms with E-state index in [0.717, 1.165) is 12.4 Å². The van der Waals surface area contributed by atoms with E-state index in [0.29, 0.717) is 12.5 Å². The van der Waals surface area contributed by atoms with Crippen LogP contribution in [0.1, 0.15) is 17.0 Å². The van der Waals surface area contributed by atoms with Crippen LogP contribution in [0.25, 0.3) is 0 Å². The van der Waals surface area contributed by atoms with Crippen molar-refractivity contribution in [3.63, 3.8) is 0 Å². The van der Waals surface area contributed by atoms with E-state index in [2.05, 4.69) is 19.1 Å². The van der Waals surface area contributed by atoms with Crippen LogP contribution in [0.5, 0.6) is 5.75 Å². The Morgan fingerprint density at radius 3 is 3.17 bits per heavy atom. The van der Waals surface area contributed by atoms with Gasteiger partial charge in [-0.15, -0.1) is 0 Å². The van der Waals surface area contributed by atoms with Gasteiger partial charge in [0.2, 0.25) is 0 Å². The summed E-state index contributed by atoms with van der Waals surface area (Å²) in [6.07, 6.45) is 0. The van der Waals surface area contributed by atoms with Crippen LogP contribution in [-0.2, 0) is 0 Å². The Morgan fingerprint density at radius 2 is 2.42 bits per heavy atom. The fourth-order valence-electron chi connectivity index (χ4n) is 1.59. The van der Waals surface area contributed by atoms with Crippen LogP contribution >= 0.6 is 0 Å². The summed E-state index contributed by atoms with van der Waals surface area (Å²) in [4.78, 5) is 0. The Kier molecular flexibility index (Phi) is 1.77. The molecule has 2 heteroatoms. The van der Waals surface area contributed by atoms with Gasteiger partial charge in [0.05, 0.1) is 6.61 Å². The third kappa shape index (κ3) is 1.08. The number of benzene rings is 1. The molecule has 0 radical (unpaired) electrons. The molecule has 1 aromatic carbocycles. The smallest absolute Gasteiger partial charge is 0.122 e. The average molecular weight is 163 g/mol. The van der Waals surface area contributed by atoms with E-state index in [9.17, 15) is 0 Å². The third-order valence-electron chi connectivity index (χ3n) is 2.33. The summed E-state index contributed by atoms with van der Waals surface area (Å²) in [5.41, 5.74) is 8.17. The highest BCUT2D eigenvalue weighted by Crippen LogP contribution is 2.33. The van der Waals surface area contributed by atoms with Gasteiger partial charge in [-0.25, -0.2) is 0 Å². The molecule has 0 spiro atoms. The Morgan fingerprint density at radius 1 is 1.58 bits per heavy atom. The lowest BCUT2D eigenvalue weighted by Crippen LogP contribution is -2.13. The summed E-state index contributed by atoms with van der Waals surface area (Å²) in [6, 6.07) is 6.26. The second kappa shape index (κ2) is 2.79. The molecule has 0 saturated carbocycles. The topological polar surface area (TPSA) is 35.2 Å². The van der Waals surface area contributed by atoms with Crippen LogP contribution < -0.4 is 10.5 Å². The van der Waals surface area contributed by atoms with Gasteiger partial charge < -0.3 is 10.5 Å². The predicted octanol–water partition coefficient (Wildman–Crippen LogP) is 1.43. The zero-order valence-electron chi connectivity index (χ0n) is 7.21. The fraction of sp³-hybridized carbons (Fsp3) is 0.400. The SMILES string of the molecule is Cc1ccc2c(c1)C(CN)CO2. The number of fused-ring (bicyclic) bond motifs is 1. The van der Waals surface area contributed by atoms with Gasteiger partial charge in [-0.3, -0.25) is 0 Å². The van der Waals surface area contributed by atoms with Gasteiger partial charge in [-0.05, 0) is 13.0 Å². The second-order valence-electron chi connectivity index (χ2n) is 3.28. The molecule has 2 rings (SSSR count). The molecule has 1 aromatic rings. The van der Waals surface area contributed by atoms with Gasteiger partial charge in [0.25, 0.3) is 0 Å². The van der Waals surface area contributed by atoms with Crippen LogP contribution in [0.3, 0.4) is 0 Å². The lowest BCUT2D eigenvalue weighted by atomic mass is 10.00. The minimum absolute atomic E-state index is 0.403. The molecule has 0 aliphatic carbocycles. The first-order chi connectivity index (χ1) is 5.81. The number of ether oxygens (including phenoxy) is 1. The molecular weight excluding hydrogens is 150 g/mol. The zero-order valence-corrected chi connectivity index (χ0v) is 7.21. The Bertz CT molecular complexity index is 296. The summed E-state index contributed by atoms with van der Waals surface area (Å²) in [7, 11) is 0. The molecule has 12 heavy (non-hydrogen) atoms. The molecule has 0 saturated heterocycles. The lowest BCUT2D eigenvalue weighted by Gasteiger charge is -2.04. The largest absolute Gasteiger partial charge is 0.493 e. The molecule has 1 heterocycles. The van der Waals surface area contributed by atoms with Gasteiger partial charge in [-0.2, -0.15) is 0 Å².